The predicted molar refractivity (Wildman–Crippen MR) is 114 cm³/mol. The van der Waals surface area contributed by atoms with Gasteiger partial charge >= 0.3 is 6.18 Å². The Morgan fingerprint density at radius 1 is 1.38 bits per heavy atom. The number of aromatic nitrogens is 2. The monoisotopic (exact) mass is 455 g/mol. The molecule has 1 aromatic carbocycles. The minimum atomic E-state index is -4.53. The van der Waals surface area contributed by atoms with Crippen molar-refractivity contribution in [3.05, 3.63) is 34.9 Å². The third-order valence-corrected chi connectivity index (χ3v) is 5.00. The first-order valence-electron chi connectivity index (χ1n) is 10.2. The normalized spacial score (nSPS) is 16.0. The van der Waals surface area contributed by atoms with Gasteiger partial charge in [-0.2, -0.15) is 13.2 Å². The molecule has 0 bridgehead atoms. The van der Waals surface area contributed by atoms with Crippen molar-refractivity contribution in [2.24, 2.45) is 5.73 Å². The van der Waals surface area contributed by atoms with Crippen LogP contribution in [0.1, 0.15) is 36.5 Å². The van der Waals surface area contributed by atoms with Crippen LogP contribution in [0.25, 0.3) is 11.3 Å². The number of nitrogens with one attached hydrogen (secondary N) is 2. The molecule has 0 radical (unpaired) electrons. The molecular formula is C21H28F3N5O3. The van der Waals surface area contributed by atoms with E-state index in [4.69, 9.17) is 5.73 Å². The summed E-state index contributed by atoms with van der Waals surface area (Å²) in [5.41, 5.74) is 6.87. The molecule has 11 heteroatoms. The van der Waals surface area contributed by atoms with Crippen molar-refractivity contribution < 1.29 is 27.8 Å². The third-order valence-electron chi connectivity index (χ3n) is 5.00. The van der Waals surface area contributed by atoms with E-state index in [2.05, 4.69) is 25.6 Å². The molecule has 3 rings (SSSR count). The summed E-state index contributed by atoms with van der Waals surface area (Å²) in [5.74, 6) is 0.0706. The topological polar surface area (TPSA) is 122 Å². The van der Waals surface area contributed by atoms with E-state index in [1.54, 1.807) is 13.8 Å². The lowest BCUT2D eigenvalue weighted by molar-refractivity contribution is -0.137. The van der Waals surface area contributed by atoms with Gasteiger partial charge in [-0.1, -0.05) is 0 Å². The lowest BCUT2D eigenvalue weighted by Gasteiger charge is -2.25. The second-order valence-corrected chi connectivity index (χ2v) is 7.17. The Bertz CT molecular complexity index is 903. The van der Waals surface area contributed by atoms with Gasteiger partial charge in [0.05, 0.1) is 12.2 Å². The zero-order chi connectivity index (χ0) is 23.7. The van der Waals surface area contributed by atoms with Crippen LogP contribution in [-0.4, -0.2) is 47.5 Å². The highest BCUT2D eigenvalue weighted by Gasteiger charge is 2.31. The van der Waals surface area contributed by atoms with Crippen LogP contribution in [0.5, 0.6) is 5.75 Å². The summed E-state index contributed by atoms with van der Waals surface area (Å²) in [5, 5.41) is 25.1. The number of alkyl halides is 3. The fourth-order valence-corrected chi connectivity index (χ4v) is 3.32. The van der Waals surface area contributed by atoms with Gasteiger partial charge in [0, 0.05) is 30.3 Å². The Balaban J connectivity index is 0.000000654. The van der Waals surface area contributed by atoms with Crippen LogP contribution >= 0.6 is 0 Å². The molecule has 176 valence electrons. The summed E-state index contributed by atoms with van der Waals surface area (Å²) < 4.78 is 42.6. The number of benzene rings is 1. The smallest absolute Gasteiger partial charge is 0.416 e. The number of hydrogen-bond donors (Lipinski definition) is 4. The number of carbonyl (C=O) groups is 1. The molecule has 1 unspecified atom stereocenters. The highest BCUT2D eigenvalue weighted by Crippen LogP contribution is 2.37. The van der Waals surface area contributed by atoms with Gasteiger partial charge in [-0.05, 0) is 57.0 Å². The Labute approximate surface area is 184 Å². The largest absolute Gasteiger partial charge is 0.507 e. The summed E-state index contributed by atoms with van der Waals surface area (Å²) in [6.07, 6.45) is -2.47. The van der Waals surface area contributed by atoms with Gasteiger partial charge in [0.25, 0.3) is 6.47 Å². The summed E-state index contributed by atoms with van der Waals surface area (Å²) in [4.78, 5) is 9.18. The number of phenolic OH excluding ortho intramolecular Hbond substituents is 1. The van der Waals surface area contributed by atoms with Gasteiger partial charge in [0.15, 0.2) is 5.82 Å². The van der Waals surface area contributed by atoms with Crippen LogP contribution in [0.4, 0.5) is 19.0 Å². The number of rotatable bonds is 6. The van der Waals surface area contributed by atoms with Crippen molar-refractivity contribution in [2.45, 2.75) is 45.5 Å². The van der Waals surface area contributed by atoms with E-state index in [-0.39, 0.29) is 18.2 Å². The maximum absolute atomic E-state index is 12.8. The Hall–Kier alpha value is -2.92. The Morgan fingerprint density at radius 2 is 2.12 bits per heavy atom. The van der Waals surface area contributed by atoms with Gasteiger partial charge in [-0.3, -0.25) is 4.79 Å². The summed E-state index contributed by atoms with van der Waals surface area (Å²) in [7, 11) is 0. The number of nitrogens with zero attached hydrogens (tertiary/aromatic N) is 2. The maximum atomic E-state index is 12.8. The molecule has 2 aromatic rings. The first-order chi connectivity index (χ1) is 15.2. The highest BCUT2D eigenvalue weighted by molar-refractivity contribution is 5.72. The molecule has 2 heterocycles. The molecule has 1 fully saturated rings. The molecule has 1 aliphatic heterocycles. The molecule has 0 spiro atoms. The molecule has 32 heavy (non-hydrogen) atoms. The fourth-order valence-electron chi connectivity index (χ4n) is 3.32. The quantitative estimate of drug-likeness (QED) is 0.491. The first kappa shape index (κ1) is 25.3. The first-order valence-corrected chi connectivity index (χ1v) is 10.2. The average molecular weight is 455 g/mol. The van der Waals surface area contributed by atoms with Crippen molar-refractivity contribution in [1.29, 1.82) is 0 Å². The Morgan fingerprint density at radius 3 is 2.62 bits per heavy atom. The fraction of sp³-hybridized carbons (Fsp3) is 0.476. The molecular weight excluding hydrogens is 427 g/mol. The molecule has 0 saturated carbocycles. The van der Waals surface area contributed by atoms with Crippen molar-refractivity contribution in [3.63, 3.8) is 0 Å². The zero-order valence-corrected chi connectivity index (χ0v) is 18.0. The second kappa shape index (κ2) is 11.6. The zero-order valence-electron chi connectivity index (χ0n) is 18.0. The number of aromatic hydroxyl groups is 1. The standard InChI is InChI=1S/C18H22F3N5O.C3H6O2/c1-10-14(8-22)17(24-12-3-2-6-23-9-12)26-25-16(10)13-5-4-11(7-15(13)27)18(19,20)21;1-2-5-3-4/h4-5,7,12,23,27H,2-3,6,8-9,22H2,1H3,(H,24,26);3H,2H2,1H3. The summed E-state index contributed by atoms with van der Waals surface area (Å²) in [6.45, 7) is 6.43. The molecule has 1 aromatic heterocycles. The van der Waals surface area contributed by atoms with Crippen molar-refractivity contribution in [3.8, 4) is 17.0 Å². The number of carbonyl (C=O) groups excluding carboxylic acids is 1. The Kier molecular flexibility index (Phi) is 9.21. The number of piperidine rings is 1. The van der Waals surface area contributed by atoms with E-state index in [1.165, 1.54) is 6.07 Å². The van der Waals surface area contributed by atoms with Crippen LogP contribution in [-0.2, 0) is 22.3 Å². The van der Waals surface area contributed by atoms with Crippen LogP contribution in [0.15, 0.2) is 18.2 Å². The number of nitrogens with two attached hydrogens (primary N) is 1. The lowest BCUT2D eigenvalue weighted by atomic mass is 10.00. The van der Waals surface area contributed by atoms with Crippen molar-refractivity contribution in [1.82, 2.24) is 15.5 Å². The van der Waals surface area contributed by atoms with Gasteiger partial charge < -0.3 is 26.2 Å². The van der Waals surface area contributed by atoms with Crippen LogP contribution < -0.4 is 16.4 Å². The van der Waals surface area contributed by atoms with E-state index in [1.807, 2.05) is 0 Å². The van der Waals surface area contributed by atoms with E-state index >= 15 is 0 Å². The number of phenols is 1. The van der Waals surface area contributed by atoms with Gasteiger partial charge in [0.2, 0.25) is 0 Å². The molecule has 5 N–H and O–H groups in total. The molecule has 1 atom stereocenters. The maximum Gasteiger partial charge on any atom is 0.416 e. The van der Waals surface area contributed by atoms with E-state index in [0.717, 1.165) is 37.6 Å². The van der Waals surface area contributed by atoms with Crippen LogP contribution in [0.3, 0.4) is 0 Å². The highest BCUT2D eigenvalue weighted by atomic mass is 19.4. The molecule has 1 aliphatic rings. The second-order valence-electron chi connectivity index (χ2n) is 7.17. The van der Waals surface area contributed by atoms with Crippen molar-refractivity contribution >= 4 is 12.3 Å². The number of hydrogen-bond acceptors (Lipinski definition) is 8. The van der Waals surface area contributed by atoms with Gasteiger partial charge in [-0.25, -0.2) is 0 Å². The van der Waals surface area contributed by atoms with E-state index in [0.29, 0.717) is 36.2 Å². The number of halogens is 3. The molecule has 0 amide bonds. The van der Waals surface area contributed by atoms with Crippen LogP contribution in [0.2, 0.25) is 0 Å². The third kappa shape index (κ3) is 6.54. The minimum Gasteiger partial charge on any atom is -0.507 e. The van der Waals surface area contributed by atoms with Gasteiger partial charge in [-0.15, -0.1) is 10.2 Å². The summed E-state index contributed by atoms with van der Waals surface area (Å²) >= 11 is 0. The predicted octanol–water partition coefficient (Wildman–Crippen LogP) is 2.98. The molecule has 8 nitrogen and oxygen atoms in total. The molecule has 1 saturated heterocycles. The van der Waals surface area contributed by atoms with E-state index in [9.17, 15) is 23.1 Å². The average Bonchev–Trinajstić information content (AvgIpc) is 2.76. The van der Waals surface area contributed by atoms with Gasteiger partial charge in [0.1, 0.15) is 11.4 Å². The van der Waals surface area contributed by atoms with E-state index < -0.39 is 17.5 Å². The summed E-state index contributed by atoms with van der Waals surface area (Å²) in [6, 6.07) is 3.02. The number of ether oxygens (including phenoxy) is 1. The SMILES string of the molecule is CCOC=O.Cc1c(-c2ccc(C(F)(F)F)cc2O)nnc(NC2CCCNC2)c1CN. The number of anilines is 1. The van der Waals surface area contributed by atoms with Crippen LogP contribution in [0, 0.1) is 6.92 Å². The molecule has 0 aliphatic carbocycles. The lowest BCUT2D eigenvalue weighted by Crippen LogP contribution is -2.39. The minimum absolute atomic E-state index is 0.189. The van der Waals surface area contributed by atoms with Crippen molar-refractivity contribution in [2.75, 3.05) is 25.0 Å².